The van der Waals surface area contributed by atoms with Crippen LogP contribution in [0.5, 0.6) is 5.75 Å². The van der Waals surface area contributed by atoms with Crippen molar-refractivity contribution in [2.24, 2.45) is 0 Å². The Bertz CT molecular complexity index is 675. The average Bonchev–Trinajstić information content (AvgIpc) is 2.63. The highest BCUT2D eigenvalue weighted by atomic mass is 19.1. The van der Waals surface area contributed by atoms with Gasteiger partial charge in [-0.3, -0.25) is 4.90 Å². The Morgan fingerprint density at radius 1 is 1.12 bits per heavy atom. The van der Waals surface area contributed by atoms with Gasteiger partial charge in [0.1, 0.15) is 18.5 Å². The molecule has 2 aromatic carbocycles. The normalized spacial score (nSPS) is 19.5. The lowest BCUT2D eigenvalue weighted by Crippen LogP contribution is -2.61. The number of nitrogens with zero attached hydrogens (tertiary/aromatic N) is 1. The third kappa shape index (κ3) is 3.67. The molecule has 0 aliphatic carbocycles. The maximum absolute atomic E-state index is 13.9. The number of halogens is 1. The van der Waals surface area contributed by atoms with Gasteiger partial charge in [0.05, 0.1) is 19.7 Å². The molecule has 0 bridgehead atoms. The predicted molar refractivity (Wildman–Crippen MR) is 88.7 cm³/mol. The zero-order valence-corrected chi connectivity index (χ0v) is 13.5. The fourth-order valence-electron chi connectivity index (χ4n) is 2.76. The molecule has 1 aliphatic heterocycles. The number of rotatable bonds is 5. The summed E-state index contributed by atoms with van der Waals surface area (Å²) in [5.41, 5.74) is 1.87. The number of hydrogen-bond acceptors (Lipinski definition) is 3. The maximum Gasteiger partial charge on any atom is 0.410 e. The smallest absolute Gasteiger partial charge is 0.410 e. The van der Waals surface area contributed by atoms with Crippen LogP contribution in [-0.4, -0.2) is 36.9 Å². The zero-order valence-electron chi connectivity index (χ0n) is 13.5. The molecule has 1 fully saturated rings. The molecule has 1 saturated heterocycles. The van der Waals surface area contributed by atoms with Crippen LogP contribution in [0.1, 0.15) is 11.1 Å². The number of alkyl halides is 1. The summed E-state index contributed by atoms with van der Waals surface area (Å²) < 4.78 is 24.3. The third-order valence-corrected chi connectivity index (χ3v) is 4.23. The first-order valence-electron chi connectivity index (χ1n) is 7.91. The molecule has 0 radical (unpaired) electrons. The van der Waals surface area contributed by atoms with Gasteiger partial charge in [0.2, 0.25) is 0 Å². The first-order chi connectivity index (χ1) is 11.7. The molecule has 5 heteroatoms. The van der Waals surface area contributed by atoms with Crippen molar-refractivity contribution in [1.82, 2.24) is 4.90 Å². The second-order valence-electron chi connectivity index (χ2n) is 5.83. The highest BCUT2D eigenvalue weighted by Gasteiger charge is 2.43. The van der Waals surface area contributed by atoms with Crippen LogP contribution < -0.4 is 4.74 Å². The van der Waals surface area contributed by atoms with Crippen LogP contribution in [0.15, 0.2) is 54.6 Å². The standard InChI is InChI=1S/C19H20FNO3/c1-23-16-9-7-14(8-10-16)11-18-17(20)12-21(18)19(22)24-13-15-5-3-2-4-6-15/h2-10,17-18H,11-13H2,1H3/t17?,18-/m1/s1. The number of likely N-dealkylation sites (tertiary alicyclic amines) is 1. The molecule has 0 spiro atoms. The number of amides is 1. The van der Waals surface area contributed by atoms with Gasteiger partial charge < -0.3 is 9.47 Å². The minimum absolute atomic E-state index is 0.0917. The van der Waals surface area contributed by atoms with E-state index in [2.05, 4.69) is 0 Å². The summed E-state index contributed by atoms with van der Waals surface area (Å²) in [6, 6.07) is 16.4. The van der Waals surface area contributed by atoms with Crippen molar-refractivity contribution in [3.8, 4) is 5.75 Å². The van der Waals surface area contributed by atoms with E-state index in [-0.39, 0.29) is 13.2 Å². The van der Waals surface area contributed by atoms with E-state index in [1.807, 2.05) is 54.6 Å². The number of carbonyl (C=O) groups excluding carboxylic acids is 1. The quantitative estimate of drug-likeness (QED) is 0.841. The molecule has 2 aromatic rings. The fraction of sp³-hybridized carbons (Fsp3) is 0.316. The second kappa shape index (κ2) is 7.34. The molecule has 0 aromatic heterocycles. The predicted octanol–water partition coefficient (Wildman–Crippen LogP) is 3.60. The van der Waals surface area contributed by atoms with Crippen LogP contribution >= 0.6 is 0 Å². The van der Waals surface area contributed by atoms with Crippen LogP contribution in [0, 0.1) is 0 Å². The first-order valence-corrected chi connectivity index (χ1v) is 7.91. The molecule has 1 amide bonds. The summed E-state index contributed by atoms with van der Waals surface area (Å²) in [4.78, 5) is 13.6. The van der Waals surface area contributed by atoms with Crippen molar-refractivity contribution >= 4 is 6.09 Å². The van der Waals surface area contributed by atoms with E-state index in [9.17, 15) is 9.18 Å². The van der Waals surface area contributed by atoms with E-state index in [0.717, 1.165) is 16.9 Å². The summed E-state index contributed by atoms with van der Waals surface area (Å²) >= 11 is 0. The van der Waals surface area contributed by atoms with E-state index < -0.39 is 18.3 Å². The van der Waals surface area contributed by atoms with Gasteiger partial charge in [0.25, 0.3) is 0 Å². The van der Waals surface area contributed by atoms with Crippen molar-refractivity contribution in [3.05, 3.63) is 65.7 Å². The average molecular weight is 329 g/mol. The molecule has 1 unspecified atom stereocenters. The van der Waals surface area contributed by atoms with Crippen LogP contribution in [0.4, 0.5) is 9.18 Å². The van der Waals surface area contributed by atoms with Crippen LogP contribution in [0.2, 0.25) is 0 Å². The molecule has 0 N–H and O–H groups in total. The molecular weight excluding hydrogens is 309 g/mol. The van der Waals surface area contributed by atoms with Gasteiger partial charge in [0, 0.05) is 0 Å². The second-order valence-corrected chi connectivity index (χ2v) is 5.83. The van der Waals surface area contributed by atoms with Gasteiger partial charge in [-0.25, -0.2) is 9.18 Å². The Morgan fingerprint density at radius 3 is 2.46 bits per heavy atom. The molecule has 4 nitrogen and oxygen atoms in total. The Hall–Kier alpha value is -2.56. The van der Waals surface area contributed by atoms with Gasteiger partial charge >= 0.3 is 6.09 Å². The highest BCUT2D eigenvalue weighted by Crippen LogP contribution is 2.26. The summed E-state index contributed by atoms with van der Waals surface area (Å²) in [6.45, 7) is 0.289. The van der Waals surface area contributed by atoms with Crippen molar-refractivity contribution in [1.29, 1.82) is 0 Å². The molecule has 1 heterocycles. The van der Waals surface area contributed by atoms with Crippen molar-refractivity contribution in [3.63, 3.8) is 0 Å². The van der Waals surface area contributed by atoms with Gasteiger partial charge in [0.15, 0.2) is 0 Å². The van der Waals surface area contributed by atoms with E-state index in [0.29, 0.717) is 6.42 Å². The maximum atomic E-state index is 13.9. The summed E-state index contributed by atoms with van der Waals surface area (Å²) in [7, 11) is 1.60. The van der Waals surface area contributed by atoms with Gasteiger partial charge in [-0.15, -0.1) is 0 Å². The number of carbonyl (C=O) groups is 1. The lowest BCUT2D eigenvalue weighted by atomic mass is 9.94. The Balaban J connectivity index is 1.56. The fourth-order valence-corrected chi connectivity index (χ4v) is 2.76. The van der Waals surface area contributed by atoms with E-state index in [4.69, 9.17) is 9.47 Å². The molecular formula is C19H20FNO3. The zero-order chi connectivity index (χ0) is 16.9. The monoisotopic (exact) mass is 329 g/mol. The summed E-state index contributed by atoms with van der Waals surface area (Å²) in [5, 5.41) is 0. The number of hydrogen-bond donors (Lipinski definition) is 0. The van der Waals surface area contributed by atoms with E-state index in [1.165, 1.54) is 4.90 Å². The van der Waals surface area contributed by atoms with Crippen molar-refractivity contribution in [2.75, 3.05) is 13.7 Å². The number of ether oxygens (including phenoxy) is 2. The van der Waals surface area contributed by atoms with Crippen LogP contribution in [0.3, 0.4) is 0 Å². The molecule has 0 saturated carbocycles. The largest absolute Gasteiger partial charge is 0.497 e. The Kier molecular flexibility index (Phi) is 4.99. The van der Waals surface area contributed by atoms with Crippen molar-refractivity contribution < 1.29 is 18.7 Å². The molecule has 1 aliphatic rings. The Morgan fingerprint density at radius 2 is 1.83 bits per heavy atom. The summed E-state index contributed by atoms with van der Waals surface area (Å²) in [6.07, 6.45) is -1.02. The van der Waals surface area contributed by atoms with E-state index >= 15 is 0 Å². The minimum Gasteiger partial charge on any atom is -0.497 e. The molecule has 3 rings (SSSR count). The lowest BCUT2D eigenvalue weighted by Gasteiger charge is -2.43. The Labute approximate surface area is 140 Å². The van der Waals surface area contributed by atoms with Gasteiger partial charge in [-0.05, 0) is 29.7 Å². The SMILES string of the molecule is COc1ccc(C[C@@H]2C(F)CN2C(=O)OCc2ccccc2)cc1. The van der Waals surface area contributed by atoms with E-state index in [1.54, 1.807) is 7.11 Å². The van der Waals surface area contributed by atoms with Crippen molar-refractivity contribution in [2.45, 2.75) is 25.2 Å². The van der Waals surface area contributed by atoms with Gasteiger partial charge in [-0.2, -0.15) is 0 Å². The highest BCUT2D eigenvalue weighted by molar-refractivity contribution is 5.69. The lowest BCUT2D eigenvalue weighted by molar-refractivity contribution is -0.0132. The number of methoxy groups -OCH3 is 1. The topological polar surface area (TPSA) is 38.8 Å². The molecule has 24 heavy (non-hydrogen) atoms. The molecule has 2 atom stereocenters. The minimum atomic E-state index is -1.02. The summed E-state index contributed by atoms with van der Waals surface area (Å²) in [5.74, 6) is 0.753. The number of benzene rings is 2. The van der Waals surface area contributed by atoms with Crippen LogP contribution in [-0.2, 0) is 17.8 Å². The third-order valence-electron chi connectivity index (χ3n) is 4.23. The van der Waals surface area contributed by atoms with Gasteiger partial charge in [-0.1, -0.05) is 42.5 Å². The van der Waals surface area contributed by atoms with Crippen LogP contribution in [0.25, 0.3) is 0 Å². The first kappa shape index (κ1) is 16.3. The molecule has 126 valence electrons.